The molecule has 0 unspecified atom stereocenters. The molecule has 2 aromatic rings. The van der Waals surface area contributed by atoms with Gasteiger partial charge in [-0.3, -0.25) is 4.79 Å². The predicted octanol–water partition coefficient (Wildman–Crippen LogP) is 3.94. The summed E-state index contributed by atoms with van der Waals surface area (Å²) >= 11 is 1.68. The van der Waals surface area contributed by atoms with Gasteiger partial charge in [-0.25, -0.2) is 0 Å². The summed E-state index contributed by atoms with van der Waals surface area (Å²) in [6.07, 6.45) is 5.13. The van der Waals surface area contributed by atoms with Crippen LogP contribution in [0, 0.1) is 0 Å². The summed E-state index contributed by atoms with van der Waals surface area (Å²) in [6, 6.07) is 7.72. The van der Waals surface area contributed by atoms with Crippen LogP contribution in [0.4, 0.5) is 0 Å². The highest BCUT2D eigenvalue weighted by Gasteiger charge is 2.28. The largest absolute Gasteiger partial charge is 0.493 e. The van der Waals surface area contributed by atoms with Gasteiger partial charge in [0, 0.05) is 30.8 Å². The van der Waals surface area contributed by atoms with Crippen molar-refractivity contribution < 1.29 is 19.0 Å². The number of carbonyl (C=O) groups is 1. The van der Waals surface area contributed by atoms with Crippen LogP contribution in [0.2, 0.25) is 0 Å². The third-order valence-electron chi connectivity index (χ3n) is 5.35. The van der Waals surface area contributed by atoms with Crippen LogP contribution in [0.3, 0.4) is 0 Å². The van der Waals surface area contributed by atoms with Gasteiger partial charge in [-0.1, -0.05) is 6.07 Å². The number of ether oxygens (including phenoxy) is 3. The predicted molar refractivity (Wildman–Crippen MR) is 105 cm³/mol. The molecule has 1 fully saturated rings. The maximum atomic E-state index is 12.8. The lowest BCUT2D eigenvalue weighted by atomic mass is 10.1. The van der Waals surface area contributed by atoms with E-state index in [9.17, 15) is 4.79 Å². The summed E-state index contributed by atoms with van der Waals surface area (Å²) in [5.41, 5.74) is 1.38. The molecule has 1 aliphatic carbocycles. The molecule has 0 bridgehead atoms. The lowest BCUT2D eigenvalue weighted by Crippen LogP contribution is -2.41. The van der Waals surface area contributed by atoms with Crippen molar-refractivity contribution in [3.05, 3.63) is 39.6 Å². The summed E-state index contributed by atoms with van der Waals surface area (Å²) in [6.45, 7) is 1.42. The topological polar surface area (TPSA) is 48.0 Å². The average molecular weight is 388 g/mol. The Balaban J connectivity index is 1.38. The molecule has 4 rings (SSSR count). The van der Waals surface area contributed by atoms with E-state index in [1.54, 1.807) is 25.6 Å². The number of thiophene rings is 1. The van der Waals surface area contributed by atoms with E-state index < -0.39 is 0 Å². The average Bonchev–Trinajstić information content (AvgIpc) is 3.30. The Labute approximate surface area is 163 Å². The van der Waals surface area contributed by atoms with Gasteiger partial charge in [0.1, 0.15) is 6.10 Å². The minimum Gasteiger partial charge on any atom is -0.493 e. The van der Waals surface area contributed by atoms with Crippen molar-refractivity contribution in [3.8, 4) is 17.2 Å². The van der Waals surface area contributed by atoms with Crippen LogP contribution in [0.5, 0.6) is 17.2 Å². The Morgan fingerprint density at radius 2 is 1.81 bits per heavy atom. The van der Waals surface area contributed by atoms with Crippen LogP contribution < -0.4 is 14.2 Å². The fourth-order valence-corrected chi connectivity index (χ4v) is 5.09. The van der Waals surface area contributed by atoms with Crippen LogP contribution >= 0.6 is 11.3 Å². The van der Waals surface area contributed by atoms with Gasteiger partial charge in [0.25, 0.3) is 5.91 Å². The molecule has 0 N–H and O–H groups in total. The number of piperidine rings is 1. The van der Waals surface area contributed by atoms with Crippen molar-refractivity contribution in [2.75, 3.05) is 27.3 Å². The van der Waals surface area contributed by atoms with E-state index in [1.807, 2.05) is 23.1 Å². The van der Waals surface area contributed by atoms with E-state index in [0.717, 1.165) is 30.6 Å². The van der Waals surface area contributed by atoms with Gasteiger partial charge in [-0.05, 0) is 43.0 Å². The molecule has 5 nitrogen and oxygen atoms in total. The second-order valence-corrected chi connectivity index (χ2v) is 8.15. The first-order valence-electron chi connectivity index (χ1n) is 9.48. The fourth-order valence-electron chi connectivity index (χ4n) is 3.87. The van der Waals surface area contributed by atoms with E-state index in [0.29, 0.717) is 30.3 Å². The molecule has 1 aliphatic heterocycles. The lowest BCUT2D eigenvalue weighted by molar-refractivity contribution is 0.0589. The Bertz CT molecular complexity index is 780. The molecule has 0 radical (unpaired) electrons. The number of methoxy groups -OCH3 is 2. The maximum Gasteiger partial charge on any atom is 0.263 e. The van der Waals surface area contributed by atoms with Crippen LogP contribution in [0.1, 0.15) is 39.4 Å². The molecule has 1 aromatic carbocycles. The molecule has 2 heterocycles. The number of likely N-dealkylation sites (tertiary alicyclic amines) is 1. The molecule has 1 saturated heterocycles. The van der Waals surface area contributed by atoms with E-state index in [4.69, 9.17) is 14.2 Å². The van der Waals surface area contributed by atoms with Crippen molar-refractivity contribution in [3.63, 3.8) is 0 Å². The highest BCUT2D eigenvalue weighted by atomic mass is 32.1. The fraction of sp³-hybridized carbons (Fsp3) is 0.476. The molecule has 0 spiro atoms. The number of aryl methyl sites for hydroxylation is 2. The number of amides is 1. The molecule has 27 heavy (non-hydrogen) atoms. The van der Waals surface area contributed by atoms with Crippen LogP contribution in [0.25, 0.3) is 0 Å². The standard InChI is InChI=1S/C21H25NO4S/c1-24-16-6-4-7-17(25-2)20(16)26-15-9-11-22(12-10-15)21(23)19-13-14-5-3-8-18(14)27-19/h4,6-7,13,15H,3,5,8-12H2,1-2H3. The summed E-state index contributed by atoms with van der Waals surface area (Å²) in [5.74, 6) is 2.14. The second kappa shape index (κ2) is 7.80. The number of hydrogen-bond acceptors (Lipinski definition) is 5. The van der Waals surface area contributed by atoms with Gasteiger partial charge in [0.2, 0.25) is 5.75 Å². The molecule has 1 amide bonds. The zero-order valence-corrected chi connectivity index (χ0v) is 16.6. The number of rotatable bonds is 5. The minimum atomic E-state index is 0.0487. The van der Waals surface area contributed by atoms with Gasteiger partial charge in [-0.15, -0.1) is 11.3 Å². The molecule has 0 saturated carbocycles. The smallest absolute Gasteiger partial charge is 0.263 e. The monoisotopic (exact) mass is 387 g/mol. The van der Waals surface area contributed by atoms with E-state index >= 15 is 0 Å². The van der Waals surface area contributed by atoms with Crippen LogP contribution in [0.15, 0.2) is 24.3 Å². The molecule has 2 aliphatic rings. The molecule has 144 valence electrons. The second-order valence-electron chi connectivity index (χ2n) is 7.01. The van der Waals surface area contributed by atoms with E-state index in [-0.39, 0.29) is 12.0 Å². The molecule has 1 aromatic heterocycles. The first-order valence-corrected chi connectivity index (χ1v) is 10.3. The first kappa shape index (κ1) is 18.2. The lowest BCUT2D eigenvalue weighted by Gasteiger charge is -2.32. The van der Waals surface area contributed by atoms with Crippen molar-refractivity contribution in [2.45, 2.75) is 38.2 Å². The third-order valence-corrected chi connectivity index (χ3v) is 6.58. The van der Waals surface area contributed by atoms with Crippen molar-refractivity contribution in [2.24, 2.45) is 0 Å². The van der Waals surface area contributed by atoms with Crippen molar-refractivity contribution >= 4 is 17.2 Å². The SMILES string of the molecule is COc1cccc(OC)c1OC1CCN(C(=O)c2cc3c(s2)CCC3)CC1. The number of fused-ring (bicyclic) bond motifs is 1. The number of para-hydroxylation sites is 1. The Morgan fingerprint density at radius 1 is 1.11 bits per heavy atom. The maximum absolute atomic E-state index is 12.8. The summed E-state index contributed by atoms with van der Waals surface area (Å²) in [5, 5.41) is 0. The van der Waals surface area contributed by atoms with Gasteiger partial charge < -0.3 is 19.1 Å². The van der Waals surface area contributed by atoms with E-state index in [2.05, 4.69) is 6.07 Å². The van der Waals surface area contributed by atoms with Crippen molar-refractivity contribution in [1.82, 2.24) is 4.90 Å². The number of hydrogen-bond donors (Lipinski definition) is 0. The summed E-state index contributed by atoms with van der Waals surface area (Å²) in [7, 11) is 3.25. The van der Waals surface area contributed by atoms with Gasteiger partial charge in [0.15, 0.2) is 11.5 Å². The minimum absolute atomic E-state index is 0.0487. The third kappa shape index (κ3) is 3.63. The van der Waals surface area contributed by atoms with Crippen LogP contribution in [-0.4, -0.2) is 44.2 Å². The van der Waals surface area contributed by atoms with Gasteiger partial charge in [0.05, 0.1) is 19.1 Å². The molecular weight excluding hydrogens is 362 g/mol. The molecule has 6 heteroatoms. The quantitative estimate of drug-likeness (QED) is 0.780. The van der Waals surface area contributed by atoms with Gasteiger partial charge >= 0.3 is 0 Å². The first-order chi connectivity index (χ1) is 13.2. The molecular formula is C21H25NO4S. The Morgan fingerprint density at radius 3 is 2.44 bits per heavy atom. The normalized spacial score (nSPS) is 16.9. The Kier molecular flexibility index (Phi) is 5.25. The van der Waals surface area contributed by atoms with E-state index in [1.165, 1.54) is 16.9 Å². The van der Waals surface area contributed by atoms with Crippen LogP contribution in [-0.2, 0) is 12.8 Å². The molecule has 0 atom stereocenters. The van der Waals surface area contributed by atoms with Gasteiger partial charge in [-0.2, -0.15) is 0 Å². The number of carbonyl (C=O) groups excluding carboxylic acids is 1. The Hall–Kier alpha value is -2.21. The number of nitrogens with zero attached hydrogens (tertiary/aromatic N) is 1. The number of benzene rings is 1. The summed E-state index contributed by atoms with van der Waals surface area (Å²) < 4.78 is 17.0. The van der Waals surface area contributed by atoms with Crippen molar-refractivity contribution in [1.29, 1.82) is 0 Å². The highest BCUT2D eigenvalue weighted by Crippen LogP contribution is 2.38. The highest BCUT2D eigenvalue weighted by molar-refractivity contribution is 7.14. The summed E-state index contributed by atoms with van der Waals surface area (Å²) in [4.78, 5) is 17.1. The zero-order chi connectivity index (χ0) is 18.8. The zero-order valence-electron chi connectivity index (χ0n) is 15.8.